The first-order valence-electron chi connectivity index (χ1n) is 10.3. The molecule has 5 saturated heterocycles. The summed E-state index contributed by atoms with van der Waals surface area (Å²) in [5.41, 5.74) is 5.89. The molecule has 0 radical (unpaired) electrons. The van der Waals surface area contributed by atoms with Crippen molar-refractivity contribution in [2.45, 2.75) is 68.5 Å². The van der Waals surface area contributed by atoms with Gasteiger partial charge in [0.15, 0.2) is 0 Å². The number of piperidine rings is 2. The highest BCUT2D eigenvalue weighted by molar-refractivity contribution is 5.88. The Labute approximate surface area is 153 Å². The molecule has 2 saturated carbocycles. The first kappa shape index (κ1) is 15.8. The number of hydrogen-bond donors (Lipinski definition) is 3. The molecule has 7 aliphatic rings. The van der Waals surface area contributed by atoms with Crippen LogP contribution in [0.15, 0.2) is 0 Å². The number of hydrogen-bond acceptors (Lipinski definition) is 5. The molecule has 5 heterocycles. The number of likely N-dealkylation sites (tertiary alicyclic amines) is 1. The number of fused-ring (bicyclic) bond motifs is 5. The Hall–Kier alpha value is -1.18. The maximum atomic E-state index is 12.8. The third-order valence-corrected chi connectivity index (χ3v) is 7.94. The molecule has 0 aromatic rings. The van der Waals surface area contributed by atoms with Gasteiger partial charge >= 0.3 is 0 Å². The molecular formula is C19H28N4O3. The highest BCUT2D eigenvalue weighted by atomic mass is 16.5. The van der Waals surface area contributed by atoms with Gasteiger partial charge in [-0.15, -0.1) is 0 Å². The van der Waals surface area contributed by atoms with Crippen molar-refractivity contribution in [1.29, 1.82) is 0 Å². The predicted molar refractivity (Wildman–Crippen MR) is 92.7 cm³/mol. The molecule has 7 nitrogen and oxygen atoms in total. The first-order valence-corrected chi connectivity index (χ1v) is 10.3. The van der Waals surface area contributed by atoms with Gasteiger partial charge in [-0.3, -0.25) is 14.9 Å². The van der Waals surface area contributed by atoms with E-state index in [1.54, 1.807) is 4.90 Å². The number of ether oxygens (including phenoxy) is 1. The Morgan fingerprint density at radius 3 is 2.77 bits per heavy atom. The standard InChI is InChI=1S/C19H28N4O3/c20-13-4-14-16-12(17(13)26-14)7-23(18(16)25)8-15(24)22-19-5-9-1-10(6-19)3-11(2-9)21-19/h9-14,16-17,21H,1-8,20H2,(H,22,24)/t9-,10+,11+,12?,13?,14?,16?,17?,19-. The smallest absolute Gasteiger partial charge is 0.241 e. The fourth-order valence-corrected chi connectivity index (χ4v) is 7.36. The highest BCUT2D eigenvalue weighted by Crippen LogP contribution is 2.49. The van der Waals surface area contributed by atoms with Crippen LogP contribution in [0, 0.1) is 23.7 Å². The van der Waals surface area contributed by atoms with Gasteiger partial charge in [0, 0.05) is 24.5 Å². The second-order valence-corrected chi connectivity index (χ2v) is 9.77. The molecule has 2 amide bonds. The second kappa shape index (κ2) is 5.20. The molecule has 2 aliphatic carbocycles. The van der Waals surface area contributed by atoms with Crippen LogP contribution in [0.1, 0.15) is 38.5 Å². The lowest BCUT2D eigenvalue weighted by molar-refractivity contribution is -0.139. The summed E-state index contributed by atoms with van der Waals surface area (Å²) in [6, 6.07) is 0.600. The van der Waals surface area contributed by atoms with Crippen molar-refractivity contribution in [2.24, 2.45) is 29.4 Å². The molecular weight excluding hydrogens is 332 g/mol. The number of carbonyl (C=O) groups excluding carboxylic acids is 2. The second-order valence-electron chi connectivity index (χ2n) is 9.77. The van der Waals surface area contributed by atoms with Crippen LogP contribution in [-0.2, 0) is 14.3 Å². The van der Waals surface area contributed by atoms with E-state index < -0.39 is 0 Å². The largest absolute Gasteiger partial charge is 0.372 e. The Balaban J connectivity index is 1.13. The van der Waals surface area contributed by atoms with Crippen molar-refractivity contribution < 1.29 is 14.3 Å². The Morgan fingerprint density at radius 1 is 1.27 bits per heavy atom. The lowest BCUT2D eigenvalue weighted by atomic mass is 9.62. The number of carbonyl (C=O) groups is 2. The van der Waals surface area contributed by atoms with E-state index in [0.29, 0.717) is 12.6 Å². The van der Waals surface area contributed by atoms with Crippen LogP contribution >= 0.6 is 0 Å². The van der Waals surface area contributed by atoms with Crippen LogP contribution in [0.2, 0.25) is 0 Å². The molecule has 7 heteroatoms. The maximum Gasteiger partial charge on any atom is 0.241 e. The monoisotopic (exact) mass is 360 g/mol. The number of nitrogens with zero attached hydrogens (tertiary/aromatic N) is 1. The molecule has 7 fully saturated rings. The summed E-state index contributed by atoms with van der Waals surface area (Å²) < 4.78 is 5.88. The number of nitrogens with two attached hydrogens (primary N) is 1. The van der Waals surface area contributed by atoms with Gasteiger partial charge in [0.25, 0.3) is 0 Å². The van der Waals surface area contributed by atoms with Gasteiger partial charge in [-0.05, 0) is 50.4 Å². The quantitative estimate of drug-likeness (QED) is 0.634. The zero-order valence-corrected chi connectivity index (χ0v) is 15.0. The summed E-state index contributed by atoms with van der Waals surface area (Å²) in [4.78, 5) is 27.3. The molecule has 0 aromatic carbocycles. The molecule has 4 N–H and O–H groups in total. The summed E-state index contributed by atoms with van der Waals surface area (Å²) in [6.45, 7) is 0.782. The molecule has 26 heavy (non-hydrogen) atoms. The molecule has 142 valence electrons. The molecule has 0 aromatic heterocycles. The molecule has 6 bridgehead atoms. The lowest BCUT2D eigenvalue weighted by Crippen LogP contribution is -2.71. The lowest BCUT2D eigenvalue weighted by Gasteiger charge is -2.57. The third kappa shape index (κ3) is 2.17. The summed E-state index contributed by atoms with van der Waals surface area (Å²) >= 11 is 0. The highest BCUT2D eigenvalue weighted by Gasteiger charge is 2.60. The minimum absolute atomic E-state index is 0.00756. The fraction of sp³-hybridized carbons (Fsp3) is 0.895. The Bertz CT molecular complexity index is 632. The van der Waals surface area contributed by atoms with Crippen LogP contribution in [0.4, 0.5) is 0 Å². The summed E-state index contributed by atoms with van der Waals surface area (Å²) in [5.74, 6) is 1.65. The zero-order chi connectivity index (χ0) is 17.6. The normalized spacial score (nSPS) is 53.4. The van der Waals surface area contributed by atoms with E-state index in [-0.39, 0.29) is 54.1 Å². The van der Waals surface area contributed by atoms with Crippen LogP contribution in [-0.4, -0.2) is 59.8 Å². The van der Waals surface area contributed by atoms with Gasteiger partial charge in [0.1, 0.15) is 0 Å². The van der Waals surface area contributed by atoms with E-state index in [2.05, 4.69) is 10.6 Å². The van der Waals surface area contributed by atoms with Gasteiger partial charge in [-0.2, -0.15) is 0 Å². The van der Waals surface area contributed by atoms with Gasteiger partial charge in [-0.1, -0.05) is 0 Å². The van der Waals surface area contributed by atoms with Crippen molar-refractivity contribution in [1.82, 2.24) is 15.5 Å². The summed E-state index contributed by atoms with van der Waals surface area (Å²) in [6.07, 6.45) is 6.64. The summed E-state index contributed by atoms with van der Waals surface area (Å²) in [5, 5.41) is 6.98. The number of rotatable bonds is 3. The SMILES string of the molecule is NC1CC2OC1C1CN(CC(=O)N[C@@]34C[C@@H]5C[C@@H](C[C@H](C5)N3)C4)C(=O)C21. The van der Waals surface area contributed by atoms with E-state index >= 15 is 0 Å². The Morgan fingerprint density at radius 2 is 2.04 bits per heavy atom. The minimum atomic E-state index is -0.227. The minimum Gasteiger partial charge on any atom is -0.372 e. The molecule has 5 aliphatic heterocycles. The number of nitrogens with one attached hydrogen (secondary N) is 2. The van der Waals surface area contributed by atoms with E-state index in [1.165, 1.54) is 19.3 Å². The molecule has 7 rings (SSSR count). The van der Waals surface area contributed by atoms with Crippen molar-refractivity contribution in [3.63, 3.8) is 0 Å². The third-order valence-electron chi connectivity index (χ3n) is 7.94. The first-order chi connectivity index (χ1) is 12.5. The van der Waals surface area contributed by atoms with Crippen molar-refractivity contribution in [3.05, 3.63) is 0 Å². The van der Waals surface area contributed by atoms with E-state index in [4.69, 9.17) is 10.5 Å². The number of amides is 2. The van der Waals surface area contributed by atoms with Gasteiger partial charge in [0.2, 0.25) is 11.8 Å². The van der Waals surface area contributed by atoms with Crippen LogP contribution in [0.5, 0.6) is 0 Å². The Kier molecular flexibility index (Phi) is 3.17. The van der Waals surface area contributed by atoms with Crippen LogP contribution in [0.25, 0.3) is 0 Å². The van der Waals surface area contributed by atoms with Crippen LogP contribution < -0.4 is 16.4 Å². The van der Waals surface area contributed by atoms with Gasteiger partial charge in [-0.25, -0.2) is 0 Å². The topological polar surface area (TPSA) is 96.7 Å². The van der Waals surface area contributed by atoms with Crippen molar-refractivity contribution in [3.8, 4) is 0 Å². The zero-order valence-electron chi connectivity index (χ0n) is 15.0. The van der Waals surface area contributed by atoms with Gasteiger partial charge < -0.3 is 20.7 Å². The van der Waals surface area contributed by atoms with Crippen molar-refractivity contribution in [2.75, 3.05) is 13.1 Å². The predicted octanol–water partition coefficient (Wildman–Crippen LogP) is -0.446. The fourth-order valence-electron chi connectivity index (χ4n) is 7.36. The average molecular weight is 360 g/mol. The molecule has 9 atom stereocenters. The van der Waals surface area contributed by atoms with Gasteiger partial charge in [0.05, 0.1) is 30.3 Å². The molecule has 0 spiro atoms. The average Bonchev–Trinajstić information content (AvgIpc) is 3.17. The van der Waals surface area contributed by atoms with E-state index in [9.17, 15) is 9.59 Å². The molecule has 5 unspecified atom stereocenters. The van der Waals surface area contributed by atoms with Crippen LogP contribution in [0.3, 0.4) is 0 Å². The maximum absolute atomic E-state index is 12.8. The van der Waals surface area contributed by atoms with E-state index in [0.717, 1.165) is 31.1 Å². The van der Waals surface area contributed by atoms with E-state index in [1.807, 2.05) is 0 Å². The summed E-state index contributed by atoms with van der Waals surface area (Å²) in [7, 11) is 0. The van der Waals surface area contributed by atoms with Crippen molar-refractivity contribution >= 4 is 11.8 Å².